The smallest absolute Gasteiger partial charge is 0.224 e. The van der Waals surface area contributed by atoms with E-state index in [0.29, 0.717) is 30.0 Å². The van der Waals surface area contributed by atoms with Gasteiger partial charge in [0.2, 0.25) is 5.91 Å². The van der Waals surface area contributed by atoms with Crippen LogP contribution in [-0.2, 0) is 15.6 Å². The zero-order chi connectivity index (χ0) is 15.8. The number of rotatable bonds is 8. The fourth-order valence-corrected chi connectivity index (χ4v) is 2.36. The van der Waals surface area contributed by atoms with E-state index in [2.05, 4.69) is 10.6 Å². The minimum Gasteiger partial charge on any atom is -0.508 e. The standard InChI is InChI=1S/C15H24N2O3S/c1-4-5-15(19)17-12-6-7-14(18)13(10-12)11(2)16-8-9-21(3)20/h6-7,10-11,16,18H,4-5,8-9H2,1-3H3,(H,17,19). The first-order valence-electron chi connectivity index (χ1n) is 7.10. The molecule has 0 heterocycles. The van der Waals surface area contributed by atoms with Gasteiger partial charge in [-0.3, -0.25) is 9.00 Å². The minimum absolute atomic E-state index is 0.0314. The van der Waals surface area contributed by atoms with Gasteiger partial charge >= 0.3 is 0 Å². The molecule has 0 bridgehead atoms. The molecule has 1 amide bonds. The Bertz CT molecular complexity index is 506. The van der Waals surface area contributed by atoms with E-state index in [1.165, 1.54) is 0 Å². The zero-order valence-electron chi connectivity index (χ0n) is 12.8. The summed E-state index contributed by atoms with van der Waals surface area (Å²) >= 11 is 0. The summed E-state index contributed by atoms with van der Waals surface area (Å²) in [5, 5.41) is 16.0. The van der Waals surface area contributed by atoms with Crippen molar-refractivity contribution in [1.82, 2.24) is 5.32 Å². The van der Waals surface area contributed by atoms with Crippen LogP contribution in [-0.4, -0.2) is 33.8 Å². The molecule has 2 atom stereocenters. The van der Waals surface area contributed by atoms with Gasteiger partial charge in [-0.05, 0) is 31.5 Å². The van der Waals surface area contributed by atoms with E-state index < -0.39 is 10.8 Å². The van der Waals surface area contributed by atoms with E-state index in [9.17, 15) is 14.1 Å². The molecule has 0 aliphatic rings. The molecule has 6 heteroatoms. The summed E-state index contributed by atoms with van der Waals surface area (Å²) in [4.78, 5) is 11.6. The Morgan fingerprint density at radius 2 is 2.14 bits per heavy atom. The van der Waals surface area contributed by atoms with Gasteiger partial charge in [0.15, 0.2) is 0 Å². The van der Waals surface area contributed by atoms with Crippen molar-refractivity contribution in [2.45, 2.75) is 32.7 Å². The predicted octanol–water partition coefficient (Wildman–Crippen LogP) is 2.16. The summed E-state index contributed by atoms with van der Waals surface area (Å²) in [5.41, 5.74) is 1.39. The van der Waals surface area contributed by atoms with Gasteiger partial charge in [-0.15, -0.1) is 0 Å². The fourth-order valence-electron chi connectivity index (χ4n) is 1.96. The molecule has 1 aromatic carbocycles. The Labute approximate surface area is 128 Å². The number of anilines is 1. The van der Waals surface area contributed by atoms with Gasteiger partial charge < -0.3 is 15.7 Å². The third kappa shape index (κ3) is 6.27. The Morgan fingerprint density at radius 1 is 1.43 bits per heavy atom. The largest absolute Gasteiger partial charge is 0.508 e. The molecule has 0 spiro atoms. The van der Waals surface area contributed by atoms with Crippen molar-refractivity contribution in [3.8, 4) is 5.75 Å². The lowest BCUT2D eigenvalue weighted by atomic mass is 10.1. The van der Waals surface area contributed by atoms with Crippen LogP contribution in [0.3, 0.4) is 0 Å². The molecule has 0 saturated heterocycles. The number of hydrogen-bond acceptors (Lipinski definition) is 4. The van der Waals surface area contributed by atoms with Crippen LogP contribution in [0.1, 0.15) is 38.3 Å². The highest BCUT2D eigenvalue weighted by molar-refractivity contribution is 7.84. The molecular formula is C15H24N2O3S. The number of aromatic hydroxyl groups is 1. The van der Waals surface area contributed by atoms with E-state index in [1.54, 1.807) is 24.5 Å². The average Bonchev–Trinajstić information content (AvgIpc) is 2.40. The fraction of sp³-hybridized carbons (Fsp3) is 0.533. The number of phenolic OH excluding ortho intramolecular Hbond substituents is 1. The van der Waals surface area contributed by atoms with Crippen LogP contribution in [0.5, 0.6) is 5.75 Å². The zero-order valence-corrected chi connectivity index (χ0v) is 13.6. The normalized spacial score (nSPS) is 13.7. The number of nitrogens with one attached hydrogen (secondary N) is 2. The molecule has 0 aromatic heterocycles. The number of carbonyl (C=O) groups is 1. The molecule has 0 saturated carbocycles. The highest BCUT2D eigenvalue weighted by Gasteiger charge is 2.12. The van der Waals surface area contributed by atoms with Crippen molar-refractivity contribution in [2.75, 3.05) is 23.9 Å². The van der Waals surface area contributed by atoms with Crippen LogP contribution >= 0.6 is 0 Å². The molecule has 1 aromatic rings. The average molecular weight is 312 g/mol. The maximum atomic E-state index is 11.6. The highest BCUT2D eigenvalue weighted by Crippen LogP contribution is 2.27. The Balaban J connectivity index is 2.72. The lowest BCUT2D eigenvalue weighted by Crippen LogP contribution is -2.23. The third-order valence-electron chi connectivity index (χ3n) is 3.09. The molecule has 0 aliphatic heterocycles. The van der Waals surface area contributed by atoms with Gasteiger partial charge in [0.25, 0.3) is 0 Å². The molecular weight excluding hydrogens is 288 g/mol. The molecule has 21 heavy (non-hydrogen) atoms. The summed E-state index contributed by atoms with van der Waals surface area (Å²) in [7, 11) is -0.840. The van der Waals surface area contributed by atoms with Gasteiger partial charge in [0.05, 0.1) is 0 Å². The number of amides is 1. The first kappa shape index (κ1) is 17.7. The van der Waals surface area contributed by atoms with Gasteiger partial charge in [-0.25, -0.2) is 0 Å². The van der Waals surface area contributed by atoms with Gasteiger partial charge in [0.1, 0.15) is 5.75 Å². The predicted molar refractivity (Wildman–Crippen MR) is 87.0 cm³/mol. The van der Waals surface area contributed by atoms with Gasteiger partial charge in [-0.2, -0.15) is 0 Å². The maximum absolute atomic E-state index is 11.6. The van der Waals surface area contributed by atoms with Crippen molar-refractivity contribution < 1.29 is 14.1 Å². The van der Waals surface area contributed by atoms with Crippen molar-refractivity contribution in [3.63, 3.8) is 0 Å². The van der Waals surface area contributed by atoms with Crippen molar-refractivity contribution in [1.29, 1.82) is 0 Å². The summed E-state index contributed by atoms with van der Waals surface area (Å²) in [6.45, 7) is 4.48. The number of phenols is 1. The van der Waals surface area contributed by atoms with E-state index in [1.807, 2.05) is 13.8 Å². The molecule has 0 radical (unpaired) electrons. The van der Waals surface area contributed by atoms with Crippen molar-refractivity contribution in [3.05, 3.63) is 23.8 Å². The van der Waals surface area contributed by atoms with Crippen LogP contribution < -0.4 is 10.6 Å². The SMILES string of the molecule is CCCC(=O)Nc1ccc(O)c(C(C)NCCS(C)=O)c1. The quantitative estimate of drug-likeness (QED) is 0.643. The van der Waals surface area contributed by atoms with E-state index in [4.69, 9.17) is 0 Å². The summed E-state index contributed by atoms with van der Waals surface area (Å²) in [5.74, 6) is 0.718. The molecule has 0 aliphatic carbocycles. The van der Waals surface area contributed by atoms with Gasteiger partial charge in [-0.1, -0.05) is 6.92 Å². The first-order chi connectivity index (χ1) is 9.93. The van der Waals surface area contributed by atoms with Gasteiger partial charge in [0, 0.05) is 53.1 Å². The number of benzene rings is 1. The Morgan fingerprint density at radius 3 is 2.76 bits per heavy atom. The Kier molecular flexibility index (Phi) is 7.39. The van der Waals surface area contributed by atoms with Crippen LogP contribution in [0.4, 0.5) is 5.69 Å². The van der Waals surface area contributed by atoms with Crippen LogP contribution in [0.25, 0.3) is 0 Å². The molecule has 2 unspecified atom stereocenters. The van der Waals surface area contributed by atoms with Crippen molar-refractivity contribution in [2.24, 2.45) is 0 Å². The summed E-state index contributed by atoms with van der Waals surface area (Å²) in [6.07, 6.45) is 2.93. The maximum Gasteiger partial charge on any atom is 0.224 e. The van der Waals surface area contributed by atoms with E-state index >= 15 is 0 Å². The van der Waals surface area contributed by atoms with Crippen LogP contribution in [0, 0.1) is 0 Å². The van der Waals surface area contributed by atoms with E-state index in [0.717, 1.165) is 6.42 Å². The summed E-state index contributed by atoms with van der Waals surface area (Å²) in [6, 6.07) is 4.94. The summed E-state index contributed by atoms with van der Waals surface area (Å²) < 4.78 is 11.0. The molecule has 1 rings (SSSR count). The molecule has 0 fully saturated rings. The van der Waals surface area contributed by atoms with Crippen LogP contribution in [0.15, 0.2) is 18.2 Å². The second-order valence-corrected chi connectivity index (χ2v) is 6.58. The molecule has 5 nitrogen and oxygen atoms in total. The molecule has 118 valence electrons. The minimum atomic E-state index is -0.840. The van der Waals surface area contributed by atoms with Crippen LogP contribution in [0.2, 0.25) is 0 Å². The number of hydrogen-bond donors (Lipinski definition) is 3. The van der Waals surface area contributed by atoms with Crippen molar-refractivity contribution >= 4 is 22.4 Å². The molecule has 3 N–H and O–H groups in total. The Hall–Kier alpha value is -1.40. The topological polar surface area (TPSA) is 78.4 Å². The third-order valence-corrected chi connectivity index (χ3v) is 3.87. The second kappa shape index (κ2) is 8.79. The monoisotopic (exact) mass is 312 g/mol. The lowest BCUT2D eigenvalue weighted by molar-refractivity contribution is -0.116. The lowest BCUT2D eigenvalue weighted by Gasteiger charge is -2.16. The first-order valence-corrected chi connectivity index (χ1v) is 8.83. The number of carbonyl (C=O) groups excluding carboxylic acids is 1. The van der Waals surface area contributed by atoms with E-state index in [-0.39, 0.29) is 17.7 Å². The highest BCUT2D eigenvalue weighted by atomic mass is 32.2. The second-order valence-electron chi connectivity index (χ2n) is 5.02.